The lowest BCUT2D eigenvalue weighted by Crippen LogP contribution is -2.29. The van der Waals surface area contributed by atoms with Gasteiger partial charge in [-0.1, -0.05) is 13.5 Å². The minimum Gasteiger partial charge on any atom is -0.516 e. The number of carbonyl (C=O) groups excluding carboxylic acids is 1. The van der Waals surface area contributed by atoms with Gasteiger partial charge in [-0.05, 0) is 43.6 Å². The van der Waals surface area contributed by atoms with E-state index in [0.29, 0.717) is 30.8 Å². The van der Waals surface area contributed by atoms with Crippen LogP contribution in [0.5, 0.6) is 0 Å². The van der Waals surface area contributed by atoms with Crippen molar-refractivity contribution >= 4 is 11.8 Å². The summed E-state index contributed by atoms with van der Waals surface area (Å²) in [7, 11) is 0. The second-order valence-electron chi connectivity index (χ2n) is 5.41. The number of hydrogen-bond acceptors (Lipinski definition) is 3. The third-order valence-electron chi connectivity index (χ3n) is 4.08. The van der Waals surface area contributed by atoms with Gasteiger partial charge >= 0.3 is 5.97 Å². The molecule has 0 saturated heterocycles. The molecule has 19 heavy (non-hydrogen) atoms. The molecule has 1 fully saturated rings. The smallest absolute Gasteiger partial charge is 0.331 e. The highest BCUT2D eigenvalue weighted by Gasteiger charge is 2.35. The minimum atomic E-state index is -1.02. The number of aliphatic carboxylic acids is 1. The number of aliphatic hydroxyl groups excluding tert-OH is 1. The maximum atomic E-state index is 11.1. The molecule has 0 radical (unpaired) electrons. The van der Waals surface area contributed by atoms with Crippen molar-refractivity contribution in [2.75, 3.05) is 0 Å². The number of allylic oxidation sites excluding steroid dienone is 1. The van der Waals surface area contributed by atoms with E-state index >= 15 is 0 Å². The Bertz CT molecular complexity index is 408. The molecule has 106 valence electrons. The second kappa shape index (κ2) is 6.55. The van der Waals surface area contributed by atoms with Crippen LogP contribution in [-0.2, 0) is 9.59 Å². The predicted octanol–water partition coefficient (Wildman–Crippen LogP) is 3.10. The average Bonchev–Trinajstić information content (AvgIpc) is 2.35. The van der Waals surface area contributed by atoms with Gasteiger partial charge in [-0.15, -0.1) is 0 Å². The summed E-state index contributed by atoms with van der Waals surface area (Å²) in [5, 5.41) is 18.5. The topological polar surface area (TPSA) is 74.6 Å². The van der Waals surface area contributed by atoms with Crippen LogP contribution in [-0.4, -0.2) is 22.0 Å². The molecule has 1 rings (SSSR count). The number of carboxylic acids is 1. The molecule has 0 aromatic heterocycles. The average molecular weight is 266 g/mol. The van der Waals surface area contributed by atoms with E-state index < -0.39 is 5.97 Å². The molecule has 0 heterocycles. The summed E-state index contributed by atoms with van der Waals surface area (Å²) < 4.78 is 0. The highest BCUT2D eigenvalue weighted by atomic mass is 16.4. The number of carbonyl (C=O) groups is 2. The molecule has 0 aliphatic heterocycles. The second-order valence-corrected chi connectivity index (χ2v) is 5.41. The third kappa shape index (κ3) is 3.69. The zero-order valence-electron chi connectivity index (χ0n) is 11.6. The molecule has 1 aliphatic carbocycles. The van der Waals surface area contributed by atoms with Gasteiger partial charge in [0.2, 0.25) is 0 Å². The molecule has 0 unspecified atom stereocenters. The molecule has 4 heteroatoms. The van der Waals surface area contributed by atoms with Crippen LogP contribution in [0.1, 0.15) is 39.5 Å². The van der Waals surface area contributed by atoms with Gasteiger partial charge in [0.1, 0.15) is 5.78 Å². The van der Waals surface area contributed by atoms with Gasteiger partial charge in [-0.25, -0.2) is 4.79 Å². The van der Waals surface area contributed by atoms with Crippen molar-refractivity contribution in [2.45, 2.75) is 39.5 Å². The van der Waals surface area contributed by atoms with Crippen LogP contribution in [0.25, 0.3) is 0 Å². The van der Waals surface area contributed by atoms with Gasteiger partial charge in [-0.2, -0.15) is 0 Å². The number of ketones is 1. The Morgan fingerprint density at radius 1 is 1.42 bits per heavy atom. The first kappa shape index (κ1) is 15.5. The van der Waals surface area contributed by atoms with Crippen LogP contribution in [0.2, 0.25) is 0 Å². The number of Topliss-reactive ketones (excluding diaryl/α,β-unsaturated/α-hetero) is 1. The van der Waals surface area contributed by atoms with E-state index in [9.17, 15) is 14.7 Å². The Kier molecular flexibility index (Phi) is 5.33. The number of aliphatic hydroxyl groups is 1. The summed E-state index contributed by atoms with van der Waals surface area (Å²) in [6, 6.07) is 0. The highest BCUT2D eigenvalue weighted by Crippen LogP contribution is 2.43. The normalized spacial score (nSPS) is 29.2. The molecular weight excluding hydrogens is 244 g/mol. The lowest BCUT2D eigenvalue weighted by atomic mass is 9.67. The molecule has 4 nitrogen and oxygen atoms in total. The van der Waals surface area contributed by atoms with E-state index in [1.807, 2.05) is 0 Å². The van der Waals surface area contributed by atoms with Crippen LogP contribution in [0, 0.1) is 17.8 Å². The summed E-state index contributed by atoms with van der Waals surface area (Å²) in [4.78, 5) is 22.2. The molecule has 0 amide bonds. The van der Waals surface area contributed by atoms with E-state index in [4.69, 9.17) is 5.11 Å². The molecule has 0 aromatic rings. The van der Waals surface area contributed by atoms with E-state index in [1.54, 1.807) is 6.92 Å². The molecule has 3 atom stereocenters. The fraction of sp³-hybridized carbons (Fsp3) is 0.600. The van der Waals surface area contributed by atoms with Crippen molar-refractivity contribution in [3.05, 3.63) is 24.0 Å². The fourth-order valence-electron chi connectivity index (χ4n) is 2.90. The summed E-state index contributed by atoms with van der Waals surface area (Å²) in [6.45, 7) is 7.23. The predicted molar refractivity (Wildman–Crippen MR) is 72.8 cm³/mol. The Morgan fingerprint density at radius 3 is 2.53 bits per heavy atom. The maximum absolute atomic E-state index is 11.1. The lowest BCUT2D eigenvalue weighted by Gasteiger charge is -2.36. The third-order valence-corrected chi connectivity index (χ3v) is 4.08. The number of hydrogen-bond donors (Lipinski definition) is 2. The van der Waals surface area contributed by atoms with E-state index in [-0.39, 0.29) is 23.2 Å². The summed E-state index contributed by atoms with van der Waals surface area (Å²) in [6.07, 6.45) is 3.72. The van der Waals surface area contributed by atoms with Gasteiger partial charge in [0.05, 0.1) is 6.26 Å². The lowest BCUT2D eigenvalue weighted by molar-refractivity contribution is -0.133. The van der Waals surface area contributed by atoms with Gasteiger partial charge in [0.25, 0.3) is 0 Å². The zero-order chi connectivity index (χ0) is 14.6. The van der Waals surface area contributed by atoms with Gasteiger partial charge in [0.15, 0.2) is 0 Å². The van der Waals surface area contributed by atoms with E-state index in [2.05, 4.69) is 13.5 Å². The van der Waals surface area contributed by atoms with Crippen molar-refractivity contribution in [3.8, 4) is 0 Å². The van der Waals surface area contributed by atoms with Gasteiger partial charge in [0, 0.05) is 17.9 Å². The molecule has 1 saturated carbocycles. The highest BCUT2D eigenvalue weighted by molar-refractivity contribution is 5.87. The first-order valence-electron chi connectivity index (χ1n) is 6.64. The fourth-order valence-corrected chi connectivity index (χ4v) is 2.90. The van der Waals surface area contributed by atoms with Crippen LogP contribution in [0.3, 0.4) is 0 Å². The summed E-state index contributed by atoms with van der Waals surface area (Å²) >= 11 is 0. The van der Waals surface area contributed by atoms with Crippen molar-refractivity contribution in [1.29, 1.82) is 0 Å². The first-order valence-corrected chi connectivity index (χ1v) is 6.64. The van der Waals surface area contributed by atoms with Crippen molar-refractivity contribution < 1.29 is 19.8 Å². The molecule has 0 spiro atoms. The van der Waals surface area contributed by atoms with Crippen molar-refractivity contribution in [2.24, 2.45) is 17.8 Å². The Morgan fingerprint density at radius 2 is 2.05 bits per heavy atom. The van der Waals surface area contributed by atoms with Crippen LogP contribution < -0.4 is 0 Å². The minimum absolute atomic E-state index is 0.0590. The SMILES string of the molecule is C=C(C(=O)O)[C@@H]1CC[C@@H](C)[C@H](CCC(C)=O)/C1=C\O. The standard InChI is InChI=1S/C15H22O4/c1-9-4-6-13(11(3)15(18)19)14(8-16)12(9)7-5-10(2)17/h8-9,12-13,16H,3-7H2,1-2H3,(H,18,19)/b14-8+/t9-,12+,13+/m1/s1. The van der Waals surface area contributed by atoms with Crippen LogP contribution in [0.15, 0.2) is 24.0 Å². The Hall–Kier alpha value is -1.58. The molecule has 1 aliphatic rings. The van der Waals surface area contributed by atoms with E-state index in [0.717, 1.165) is 12.7 Å². The first-order chi connectivity index (χ1) is 8.88. The molecule has 2 N–H and O–H groups in total. The Balaban J connectivity index is 2.91. The number of carboxylic acid groups (broad SMARTS) is 1. The van der Waals surface area contributed by atoms with Crippen LogP contribution in [0.4, 0.5) is 0 Å². The molecule has 0 bridgehead atoms. The summed E-state index contributed by atoms with van der Waals surface area (Å²) in [5.74, 6) is -0.817. The quantitative estimate of drug-likeness (QED) is 0.592. The van der Waals surface area contributed by atoms with Gasteiger partial charge < -0.3 is 15.0 Å². The van der Waals surface area contributed by atoms with Crippen molar-refractivity contribution in [3.63, 3.8) is 0 Å². The van der Waals surface area contributed by atoms with E-state index in [1.165, 1.54) is 0 Å². The summed E-state index contributed by atoms with van der Waals surface area (Å²) in [5.41, 5.74) is 0.840. The largest absolute Gasteiger partial charge is 0.516 e. The zero-order valence-corrected chi connectivity index (χ0v) is 11.6. The monoisotopic (exact) mass is 266 g/mol. The van der Waals surface area contributed by atoms with Crippen molar-refractivity contribution in [1.82, 2.24) is 0 Å². The molecule has 0 aromatic carbocycles. The van der Waals surface area contributed by atoms with Gasteiger partial charge in [-0.3, -0.25) is 0 Å². The number of rotatable bonds is 5. The maximum Gasteiger partial charge on any atom is 0.331 e. The van der Waals surface area contributed by atoms with Crippen LogP contribution >= 0.6 is 0 Å². The molecular formula is C15H22O4. The Labute approximate surface area is 113 Å².